The maximum atomic E-state index is 15.3. The second-order valence-electron chi connectivity index (χ2n) is 10.5. The average molecular weight is 736 g/mol. The fourth-order valence-electron chi connectivity index (χ4n) is 5.40. The van der Waals surface area contributed by atoms with Crippen LogP contribution < -0.4 is 0 Å². The summed E-state index contributed by atoms with van der Waals surface area (Å²) in [5.74, 6) is -31.7. The van der Waals surface area contributed by atoms with Crippen LogP contribution >= 0.6 is 0 Å². The highest BCUT2D eigenvalue weighted by molar-refractivity contribution is 6.30. The first-order chi connectivity index (χ1) is 24.5. The molecule has 0 unspecified atom stereocenters. The Morgan fingerprint density at radius 2 is 0.635 bits per heavy atom. The lowest BCUT2D eigenvalue weighted by Gasteiger charge is -2.15. The van der Waals surface area contributed by atoms with E-state index in [2.05, 4.69) is 9.98 Å². The van der Waals surface area contributed by atoms with Crippen LogP contribution in [0, 0.1) is 104 Å². The predicted octanol–water partition coefficient (Wildman–Crippen LogP) is 9.11. The van der Waals surface area contributed by atoms with Gasteiger partial charge in [-0.05, 0) is 35.4 Å². The summed E-state index contributed by atoms with van der Waals surface area (Å²) in [5.41, 5.74) is -15.3. The van der Waals surface area contributed by atoms with Crippen LogP contribution in [0.1, 0.15) is 22.3 Å². The fourth-order valence-corrected chi connectivity index (χ4v) is 5.40. The van der Waals surface area contributed by atoms with Gasteiger partial charge in [-0.3, -0.25) is 0 Å². The van der Waals surface area contributed by atoms with Crippen molar-refractivity contribution in [1.29, 1.82) is 10.5 Å². The number of benzene rings is 4. The molecule has 52 heavy (non-hydrogen) atoms. The van der Waals surface area contributed by atoms with Crippen LogP contribution in [0.15, 0.2) is 68.9 Å². The molecule has 18 heteroatoms. The molecule has 260 valence electrons. The Hall–Kier alpha value is -6.56. The maximum Gasteiger partial charge on any atom is 0.200 e. The van der Waals surface area contributed by atoms with E-state index in [4.69, 9.17) is 0 Å². The molecule has 0 saturated heterocycles. The number of halogens is 14. The van der Waals surface area contributed by atoms with Crippen molar-refractivity contribution < 1.29 is 61.5 Å². The van der Waals surface area contributed by atoms with E-state index in [1.807, 2.05) is 0 Å². The number of aliphatic imine (C=N–C) groups is 2. The van der Waals surface area contributed by atoms with Crippen molar-refractivity contribution >= 4 is 22.6 Å². The molecule has 2 aliphatic heterocycles. The normalized spacial score (nSPS) is 15.7. The standard InChI is InChI=1S/C34H6F14N4/c35-11-1-9(2-12(36)5-11)15(7-49)17-31(19-21(39)25(43)29(47)26(44)22(19)40)51-34-18(16(8-50)10-3-13(37)6-14(38)4-10)32(52-33(17)34)20-23(41)27(45)30(48)28(46)24(20)42/h1-6H/b17-15-,18-16-. The largest absolute Gasteiger partial charge is 0.244 e. The Labute approximate surface area is 279 Å². The van der Waals surface area contributed by atoms with E-state index >= 15 is 17.6 Å². The van der Waals surface area contributed by atoms with Crippen LogP contribution in [0.4, 0.5) is 61.5 Å². The van der Waals surface area contributed by atoms with Gasteiger partial charge >= 0.3 is 0 Å². The van der Waals surface area contributed by atoms with Gasteiger partial charge in [-0.2, -0.15) is 10.5 Å². The van der Waals surface area contributed by atoms with Gasteiger partial charge in [-0.1, -0.05) is 0 Å². The summed E-state index contributed by atoms with van der Waals surface area (Å²) < 4.78 is 205. The Balaban J connectivity index is 1.84. The van der Waals surface area contributed by atoms with Crippen LogP contribution in [0.3, 0.4) is 0 Å². The van der Waals surface area contributed by atoms with E-state index in [9.17, 15) is 54.4 Å². The zero-order valence-corrected chi connectivity index (χ0v) is 24.5. The molecule has 4 aromatic carbocycles. The van der Waals surface area contributed by atoms with Gasteiger partial charge in [-0.15, -0.1) is 0 Å². The first kappa shape index (κ1) is 35.3. The predicted molar refractivity (Wildman–Crippen MR) is 150 cm³/mol. The van der Waals surface area contributed by atoms with Crippen LogP contribution in [-0.4, -0.2) is 11.4 Å². The SMILES string of the molecule is N#C/C(=C1\C(c2c(F)c(F)c(F)c(F)c2F)=NC2=C1N=C(c1c(F)c(F)c(F)c(F)c1F)/C2=C(\C#N)c1cc(F)cc(F)c1)c1cc(F)cc(F)c1. The third kappa shape index (κ3) is 5.31. The van der Waals surface area contributed by atoms with E-state index in [0.29, 0.717) is 24.3 Å². The molecule has 4 nitrogen and oxygen atoms in total. The van der Waals surface area contributed by atoms with Gasteiger partial charge in [0.2, 0.25) is 11.6 Å². The molecule has 2 heterocycles. The van der Waals surface area contributed by atoms with E-state index in [1.165, 1.54) is 12.1 Å². The van der Waals surface area contributed by atoms with Gasteiger partial charge in [-0.25, -0.2) is 71.5 Å². The van der Waals surface area contributed by atoms with Crippen LogP contribution in [0.2, 0.25) is 0 Å². The fraction of sp³-hybridized carbons (Fsp3) is 0. The van der Waals surface area contributed by atoms with Crippen molar-refractivity contribution in [3.63, 3.8) is 0 Å². The molecular weight excluding hydrogens is 730 g/mol. The molecule has 6 rings (SSSR count). The molecule has 0 radical (unpaired) electrons. The number of hydrogen-bond acceptors (Lipinski definition) is 4. The third-order valence-electron chi connectivity index (χ3n) is 7.54. The Bertz CT molecular complexity index is 2310. The summed E-state index contributed by atoms with van der Waals surface area (Å²) >= 11 is 0. The van der Waals surface area contributed by atoms with Gasteiger partial charge in [0, 0.05) is 23.3 Å². The summed E-state index contributed by atoms with van der Waals surface area (Å²) in [6.07, 6.45) is 0. The highest BCUT2D eigenvalue weighted by Gasteiger charge is 2.44. The van der Waals surface area contributed by atoms with Gasteiger partial charge < -0.3 is 0 Å². The van der Waals surface area contributed by atoms with Crippen molar-refractivity contribution in [2.24, 2.45) is 9.98 Å². The van der Waals surface area contributed by atoms with Crippen molar-refractivity contribution in [3.05, 3.63) is 163 Å². The summed E-state index contributed by atoms with van der Waals surface area (Å²) in [6.45, 7) is 0. The Morgan fingerprint density at radius 1 is 0.385 bits per heavy atom. The van der Waals surface area contributed by atoms with Gasteiger partial charge in [0.25, 0.3) is 0 Å². The maximum absolute atomic E-state index is 15.3. The molecule has 0 atom stereocenters. The lowest BCUT2D eigenvalue weighted by Crippen LogP contribution is -2.18. The third-order valence-corrected chi connectivity index (χ3v) is 7.54. The highest BCUT2D eigenvalue weighted by Crippen LogP contribution is 2.47. The second-order valence-corrected chi connectivity index (χ2v) is 10.5. The van der Waals surface area contributed by atoms with Gasteiger partial charge in [0.15, 0.2) is 46.5 Å². The smallest absolute Gasteiger partial charge is 0.200 e. The summed E-state index contributed by atoms with van der Waals surface area (Å²) in [7, 11) is 0. The minimum atomic E-state index is -2.68. The number of allylic oxidation sites excluding steroid dienone is 4. The quantitative estimate of drug-likeness (QED) is 0.0908. The molecule has 0 aliphatic carbocycles. The minimum Gasteiger partial charge on any atom is -0.244 e. The summed E-state index contributed by atoms with van der Waals surface area (Å²) in [4.78, 5) is 7.48. The molecule has 0 aromatic heterocycles. The van der Waals surface area contributed by atoms with Crippen molar-refractivity contribution in [1.82, 2.24) is 0 Å². The zero-order chi connectivity index (χ0) is 38.1. The van der Waals surface area contributed by atoms with Crippen LogP contribution in [-0.2, 0) is 0 Å². The van der Waals surface area contributed by atoms with Crippen molar-refractivity contribution in [3.8, 4) is 12.1 Å². The van der Waals surface area contributed by atoms with Gasteiger partial charge in [0.05, 0.1) is 33.7 Å². The lowest BCUT2D eigenvalue weighted by molar-refractivity contribution is 0.377. The summed E-state index contributed by atoms with van der Waals surface area (Å²) in [5, 5.41) is 20.3. The molecular formula is C34H6F14N4. The monoisotopic (exact) mass is 736 g/mol. The average Bonchev–Trinajstić information content (AvgIpc) is 3.61. The first-order valence-electron chi connectivity index (χ1n) is 13.7. The van der Waals surface area contributed by atoms with Crippen LogP contribution in [0.25, 0.3) is 11.1 Å². The molecule has 0 amide bonds. The second kappa shape index (κ2) is 12.6. The molecule has 2 aliphatic rings. The molecule has 0 spiro atoms. The van der Waals surface area contributed by atoms with Crippen molar-refractivity contribution in [2.45, 2.75) is 0 Å². The molecule has 0 N–H and O–H groups in total. The number of hydrogen-bond donors (Lipinski definition) is 0. The Morgan fingerprint density at radius 3 is 0.885 bits per heavy atom. The number of nitriles is 2. The molecule has 4 aromatic rings. The zero-order valence-electron chi connectivity index (χ0n) is 24.5. The highest BCUT2D eigenvalue weighted by atomic mass is 19.2. The van der Waals surface area contributed by atoms with E-state index in [-0.39, 0.29) is 12.1 Å². The van der Waals surface area contributed by atoms with Crippen LogP contribution in [0.5, 0.6) is 0 Å². The number of rotatable bonds is 4. The first-order valence-corrected chi connectivity index (χ1v) is 13.7. The summed E-state index contributed by atoms with van der Waals surface area (Å²) in [6, 6.07) is 5.04. The molecule has 0 bridgehead atoms. The number of nitrogens with zero attached hydrogens (tertiary/aromatic N) is 4. The Kier molecular flexibility index (Phi) is 8.58. The van der Waals surface area contributed by atoms with Crippen molar-refractivity contribution in [2.75, 3.05) is 0 Å². The minimum absolute atomic E-state index is 0.286. The van der Waals surface area contributed by atoms with E-state index in [0.717, 1.165) is 0 Å². The van der Waals surface area contributed by atoms with E-state index < -0.39 is 149 Å². The molecule has 0 fully saturated rings. The van der Waals surface area contributed by atoms with E-state index in [1.54, 1.807) is 0 Å². The van der Waals surface area contributed by atoms with Gasteiger partial charge in [0.1, 0.15) is 46.8 Å². The topological polar surface area (TPSA) is 72.3 Å². The molecule has 0 saturated carbocycles. The lowest BCUT2D eigenvalue weighted by atomic mass is 9.91.